The Hall–Kier alpha value is -2.43. The normalized spacial score (nSPS) is 13.0. The third kappa shape index (κ3) is 3.72. The van der Waals surface area contributed by atoms with Crippen LogP contribution in [-0.4, -0.2) is 31.8 Å². The van der Waals surface area contributed by atoms with E-state index in [2.05, 4.69) is 18.5 Å². The fourth-order valence-corrected chi connectivity index (χ4v) is 2.52. The molecule has 0 spiro atoms. The molecular formula is C19H27N3O2. The molecule has 1 aromatic carbocycles. The highest BCUT2D eigenvalue weighted by atomic mass is 16.5. The van der Waals surface area contributed by atoms with E-state index in [1.807, 2.05) is 61.7 Å². The molecule has 0 atom stereocenters. The Morgan fingerprint density at radius 1 is 1.38 bits per heavy atom. The summed E-state index contributed by atoms with van der Waals surface area (Å²) in [6.07, 6.45) is 1.97. The number of aromatic nitrogens is 1. The molecule has 0 aliphatic rings. The molecule has 2 rings (SSSR count). The van der Waals surface area contributed by atoms with Crippen molar-refractivity contribution in [3.05, 3.63) is 40.2 Å². The molecule has 1 heterocycles. The van der Waals surface area contributed by atoms with Crippen molar-refractivity contribution in [3.63, 3.8) is 0 Å². The minimum Gasteiger partial charge on any atom is -0.495 e. The van der Waals surface area contributed by atoms with Gasteiger partial charge in [-0.2, -0.15) is 0 Å². The predicted molar refractivity (Wildman–Crippen MR) is 98.7 cm³/mol. The summed E-state index contributed by atoms with van der Waals surface area (Å²) in [6.45, 7) is 11.0. The Morgan fingerprint density at radius 2 is 2.08 bits per heavy atom. The molecule has 0 radical (unpaired) electrons. The highest BCUT2D eigenvalue weighted by Crippen LogP contribution is 2.27. The summed E-state index contributed by atoms with van der Waals surface area (Å²) in [4.78, 5) is 6.55. The number of methoxy groups -OCH3 is 1. The fraction of sp³-hybridized carbons (Fsp3) is 0.421. The predicted octanol–water partition coefficient (Wildman–Crippen LogP) is 1.72. The average Bonchev–Trinajstić information content (AvgIpc) is 2.81. The van der Waals surface area contributed by atoms with Crippen molar-refractivity contribution in [1.82, 2.24) is 4.57 Å². The molecule has 0 fully saturated rings. The minimum atomic E-state index is 0.167. The second kappa shape index (κ2) is 7.43. The first-order valence-electron chi connectivity index (χ1n) is 8.16. The van der Waals surface area contributed by atoms with Gasteiger partial charge in [0.05, 0.1) is 18.1 Å². The Bertz CT molecular complexity index is 873. The van der Waals surface area contributed by atoms with Crippen LogP contribution in [0.4, 0.5) is 5.69 Å². The molecule has 0 bridgehead atoms. The molecule has 2 aromatic rings. The SMILES string of the molecule is C=c1/c(=C\c2ccc(N(C)C)c(OC)c2)oc(=NC(C)C)n1CC. The van der Waals surface area contributed by atoms with Crippen molar-refractivity contribution in [2.24, 2.45) is 4.99 Å². The lowest BCUT2D eigenvalue weighted by atomic mass is 10.1. The van der Waals surface area contributed by atoms with Crippen molar-refractivity contribution in [1.29, 1.82) is 0 Å². The van der Waals surface area contributed by atoms with Gasteiger partial charge >= 0.3 is 0 Å². The molecule has 0 aliphatic heterocycles. The van der Waals surface area contributed by atoms with Crippen molar-refractivity contribution in [2.75, 3.05) is 26.1 Å². The van der Waals surface area contributed by atoms with Crippen LogP contribution in [0.3, 0.4) is 0 Å². The monoisotopic (exact) mass is 329 g/mol. The maximum Gasteiger partial charge on any atom is 0.297 e. The molecule has 130 valence electrons. The molecule has 0 unspecified atom stereocenters. The molecule has 5 heteroatoms. The summed E-state index contributed by atoms with van der Waals surface area (Å²) in [6, 6.07) is 6.23. The van der Waals surface area contributed by atoms with Crippen molar-refractivity contribution >= 4 is 18.3 Å². The van der Waals surface area contributed by atoms with Crippen LogP contribution in [0.2, 0.25) is 0 Å². The number of anilines is 1. The second-order valence-corrected chi connectivity index (χ2v) is 6.13. The standard InChI is InChI=1S/C19H27N3O2/c1-8-22-14(4)17(24-19(22)20-13(2)3)11-15-9-10-16(21(5)6)18(12-15)23-7/h9-13H,4,8H2,1-3,5-7H3/b17-11+,20-19?. The topological polar surface area (TPSA) is 42.9 Å². The first-order chi connectivity index (χ1) is 11.4. The van der Waals surface area contributed by atoms with Gasteiger partial charge in [0.25, 0.3) is 5.68 Å². The van der Waals surface area contributed by atoms with Gasteiger partial charge in [0.1, 0.15) is 5.75 Å². The number of benzene rings is 1. The summed E-state index contributed by atoms with van der Waals surface area (Å²) in [7, 11) is 5.66. The van der Waals surface area contributed by atoms with Crippen LogP contribution < -0.4 is 26.1 Å². The average molecular weight is 329 g/mol. The van der Waals surface area contributed by atoms with E-state index in [9.17, 15) is 0 Å². The Labute approximate surface area is 143 Å². The van der Waals surface area contributed by atoms with Crippen LogP contribution in [0, 0.1) is 0 Å². The van der Waals surface area contributed by atoms with Gasteiger partial charge in [0.15, 0.2) is 5.42 Å². The molecule has 24 heavy (non-hydrogen) atoms. The second-order valence-electron chi connectivity index (χ2n) is 6.13. The first kappa shape index (κ1) is 17.9. The number of ether oxygens (including phenoxy) is 1. The highest BCUT2D eigenvalue weighted by Gasteiger charge is 2.06. The number of nitrogens with zero attached hydrogens (tertiary/aromatic N) is 3. The van der Waals surface area contributed by atoms with Gasteiger partial charge in [-0.3, -0.25) is 4.57 Å². The maximum absolute atomic E-state index is 5.93. The van der Waals surface area contributed by atoms with Gasteiger partial charge in [-0.15, -0.1) is 0 Å². The zero-order valence-electron chi connectivity index (χ0n) is 15.5. The molecule has 0 saturated heterocycles. The minimum absolute atomic E-state index is 0.167. The van der Waals surface area contributed by atoms with Crippen LogP contribution in [-0.2, 0) is 6.54 Å². The van der Waals surface area contributed by atoms with E-state index in [4.69, 9.17) is 9.15 Å². The zero-order valence-corrected chi connectivity index (χ0v) is 15.5. The van der Waals surface area contributed by atoms with Crippen molar-refractivity contribution in [2.45, 2.75) is 33.4 Å². The summed E-state index contributed by atoms with van der Waals surface area (Å²) < 4.78 is 13.4. The van der Waals surface area contributed by atoms with Crippen LogP contribution >= 0.6 is 0 Å². The van der Waals surface area contributed by atoms with Crippen molar-refractivity contribution < 1.29 is 9.15 Å². The van der Waals surface area contributed by atoms with Crippen LogP contribution in [0.1, 0.15) is 26.3 Å². The van der Waals surface area contributed by atoms with Gasteiger partial charge in [-0.25, -0.2) is 4.99 Å². The number of hydrogen-bond acceptors (Lipinski definition) is 4. The Balaban J connectivity index is 2.61. The Kier molecular flexibility index (Phi) is 5.54. The molecular weight excluding hydrogens is 302 g/mol. The Morgan fingerprint density at radius 3 is 2.62 bits per heavy atom. The first-order valence-corrected chi connectivity index (χ1v) is 8.16. The van der Waals surface area contributed by atoms with Crippen LogP contribution in [0.25, 0.3) is 12.7 Å². The quantitative estimate of drug-likeness (QED) is 0.839. The lowest BCUT2D eigenvalue weighted by Gasteiger charge is -2.16. The smallest absolute Gasteiger partial charge is 0.297 e. The van der Waals surface area contributed by atoms with E-state index in [0.29, 0.717) is 5.68 Å². The van der Waals surface area contributed by atoms with Gasteiger partial charge < -0.3 is 14.1 Å². The zero-order chi connectivity index (χ0) is 17.9. The molecule has 5 nitrogen and oxygen atoms in total. The molecule has 1 aromatic heterocycles. The van der Waals surface area contributed by atoms with Crippen LogP contribution in [0.15, 0.2) is 27.6 Å². The summed E-state index contributed by atoms with van der Waals surface area (Å²) >= 11 is 0. The number of rotatable bonds is 5. The molecule has 0 aliphatic carbocycles. The van der Waals surface area contributed by atoms with E-state index in [1.165, 1.54) is 0 Å². The van der Waals surface area contributed by atoms with Gasteiger partial charge in [-0.05, 0) is 44.5 Å². The summed E-state index contributed by atoms with van der Waals surface area (Å²) in [5.41, 5.74) is 3.36. The summed E-state index contributed by atoms with van der Waals surface area (Å²) in [5.74, 6) is 0.821. The lowest BCUT2D eigenvalue weighted by Crippen LogP contribution is -2.31. The number of hydrogen-bond donors (Lipinski definition) is 0. The molecule has 0 saturated carbocycles. The van der Waals surface area contributed by atoms with E-state index in [-0.39, 0.29) is 6.04 Å². The maximum atomic E-state index is 5.93. The molecule has 0 N–H and O–H groups in total. The van der Waals surface area contributed by atoms with Gasteiger partial charge in [0, 0.05) is 26.7 Å². The van der Waals surface area contributed by atoms with Crippen LogP contribution in [0.5, 0.6) is 5.75 Å². The van der Waals surface area contributed by atoms with Gasteiger partial charge in [0.2, 0.25) is 0 Å². The summed E-state index contributed by atoms with van der Waals surface area (Å²) in [5, 5.41) is 0.826. The lowest BCUT2D eigenvalue weighted by molar-refractivity contribution is 0.415. The van der Waals surface area contributed by atoms with E-state index in [1.54, 1.807) is 7.11 Å². The van der Waals surface area contributed by atoms with Gasteiger partial charge in [-0.1, -0.05) is 12.6 Å². The molecule has 0 amide bonds. The van der Waals surface area contributed by atoms with E-state index >= 15 is 0 Å². The third-order valence-electron chi connectivity index (χ3n) is 3.71. The highest BCUT2D eigenvalue weighted by molar-refractivity contribution is 5.63. The largest absolute Gasteiger partial charge is 0.495 e. The number of oxazole rings is 1. The fourth-order valence-electron chi connectivity index (χ4n) is 2.52. The van der Waals surface area contributed by atoms with Crippen molar-refractivity contribution in [3.8, 4) is 5.75 Å². The van der Waals surface area contributed by atoms with E-state index < -0.39 is 0 Å². The van der Waals surface area contributed by atoms with E-state index in [0.717, 1.165) is 34.3 Å². The third-order valence-corrected chi connectivity index (χ3v) is 3.71.